The molecular weight excluding hydrogens is 385 g/mol. The van der Waals surface area contributed by atoms with Gasteiger partial charge in [0.1, 0.15) is 5.75 Å². The van der Waals surface area contributed by atoms with E-state index in [1.807, 2.05) is 19.2 Å². The SMILES string of the molecule is C[C@]1(O)CC[C@H](Nc2ccc3nnc(-c4cccc(OC(F)(F)F)c4)n3c2)CC1. The lowest BCUT2D eigenvalue weighted by Crippen LogP contribution is -2.35. The van der Waals surface area contributed by atoms with Crippen LogP contribution < -0.4 is 10.1 Å². The van der Waals surface area contributed by atoms with E-state index in [4.69, 9.17) is 0 Å². The van der Waals surface area contributed by atoms with Crippen molar-refractivity contribution < 1.29 is 23.0 Å². The molecule has 2 heterocycles. The first-order valence-electron chi connectivity index (χ1n) is 9.38. The molecule has 0 radical (unpaired) electrons. The number of benzene rings is 1. The van der Waals surface area contributed by atoms with Crippen molar-refractivity contribution in [2.75, 3.05) is 5.32 Å². The van der Waals surface area contributed by atoms with Gasteiger partial charge in [-0.05, 0) is 56.9 Å². The third kappa shape index (κ3) is 4.61. The topological polar surface area (TPSA) is 71.7 Å². The molecule has 0 saturated heterocycles. The molecular formula is C20H21F3N4O2. The average molecular weight is 406 g/mol. The Morgan fingerprint density at radius 3 is 2.66 bits per heavy atom. The van der Waals surface area contributed by atoms with Gasteiger partial charge in [0.2, 0.25) is 0 Å². The van der Waals surface area contributed by atoms with Crippen molar-refractivity contribution in [3.63, 3.8) is 0 Å². The standard InChI is InChI=1S/C20H21F3N4O2/c1-19(28)9-7-14(8-10-19)24-15-5-6-17-25-26-18(27(17)12-15)13-3-2-4-16(11-13)29-20(21,22)23/h2-6,11-12,14,24,28H,7-10H2,1H3/t14-,19-. The lowest BCUT2D eigenvalue weighted by atomic mass is 9.83. The maximum Gasteiger partial charge on any atom is 0.573 e. The van der Waals surface area contributed by atoms with E-state index in [1.165, 1.54) is 18.2 Å². The van der Waals surface area contributed by atoms with E-state index in [1.54, 1.807) is 16.5 Å². The summed E-state index contributed by atoms with van der Waals surface area (Å²) < 4.78 is 43.3. The van der Waals surface area contributed by atoms with Crippen LogP contribution in [0, 0.1) is 0 Å². The molecule has 1 saturated carbocycles. The number of hydrogen-bond donors (Lipinski definition) is 2. The summed E-state index contributed by atoms with van der Waals surface area (Å²) in [5.41, 5.74) is 1.30. The van der Waals surface area contributed by atoms with Crippen molar-refractivity contribution in [1.82, 2.24) is 14.6 Å². The molecule has 6 nitrogen and oxygen atoms in total. The fourth-order valence-corrected chi connectivity index (χ4v) is 3.63. The van der Waals surface area contributed by atoms with E-state index in [9.17, 15) is 18.3 Å². The van der Waals surface area contributed by atoms with E-state index in [0.717, 1.165) is 31.4 Å². The van der Waals surface area contributed by atoms with E-state index < -0.39 is 12.0 Å². The van der Waals surface area contributed by atoms with Crippen molar-refractivity contribution in [2.24, 2.45) is 0 Å². The maximum absolute atomic E-state index is 12.5. The Hall–Kier alpha value is -2.81. The summed E-state index contributed by atoms with van der Waals surface area (Å²) in [7, 11) is 0. The lowest BCUT2D eigenvalue weighted by molar-refractivity contribution is -0.274. The third-order valence-electron chi connectivity index (χ3n) is 5.16. The first-order chi connectivity index (χ1) is 13.7. The summed E-state index contributed by atoms with van der Waals surface area (Å²) in [5.74, 6) is 0.109. The van der Waals surface area contributed by atoms with Crippen LogP contribution in [-0.2, 0) is 0 Å². The fraction of sp³-hybridized carbons (Fsp3) is 0.400. The van der Waals surface area contributed by atoms with Gasteiger partial charge in [-0.3, -0.25) is 4.40 Å². The van der Waals surface area contributed by atoms with Gasteiger partial charge in [0.25, 0.3) is 0 Å². The Balaban J connectivity index is 1.59. The number of ether oxygens (including phenoxy) is 1. The Morgan fingerprint density at radius 2 is 1.93 bits per heavy atom. The van der Waals surface area contributed by atoms with Crippen LogP contribution in [0.3, 0.4) is 0 Å². The van der Waals surface area contributed by atoms with Gasteiger partial charge in [0.05, 0.1) is 11.3 Å². The zero-order valence-electron chi connectivity index (χ0n) is 15.8. The van der Waals surface area contributed by atoms with Gasteiger partial charge in [0, 0.05) is 17.8 Å². The predicted molar refractivity (Wildman–Crippen MR) is 102 cm³/mol. The van der Waals surface area contributed by atoms with Crippen LogP contribution in [0.4, 0.5) is 18.9 Å². The fourth-order valence-electron chi connectivity index (χ4n) is 3.63. The Morgan fingerprint density at radius 1 is 1.17 bits per heavy atom. The molecule has 0 amide bonds. The number of rotatable bonds is 4. The number of anilines is 1. The van der Waals surface area contributed by atoms with Crippen molar-refractivity contribution >= 4 is 11.3 Å². The summed E-state index contributed by atoms with van der Waals surface area (Å²) in [6, 6.07) is 9.60. The molecule has 29 heavy (non-hydrogen) atoms. The van der Waals surface area contributed by atoms with E-state index in [0.29, 0.717) is 17.0 Å². The number of alkyl halides is 3. The highest BCUT2D eigenvalue weighted by molar-refractivity contribution is 5.63. The lowest BCUT2D eigenvalue weighted by Gasteiger charge is -2.33. The minimum absolute atomic E-state index is 0.246. The predicted octanol–water partition coefficient (Wildman–Crippen LogP) is 4.40. The molecule has 0 spiro atoms. The minimum Gasteiger partial charge on any atom is -0.406 e. The van der Waals surface area contributed by atoms with Gasteiger partial charge in [0.15, 0.2) is 11.5 Å². The van der Waals surface area contributed by atoms with Crippen LogP contribution in [0.1, 0.15) is 32.6 Å². The van der Waals surface area contributed by atoms with Gasteiger partial charge in [-0.15, -0.1) is 23.4 Å². The average Bonchev–Trinajstić information content (AvgIpc) is 3.05. The van der Waals surface area contributed by atoms with Gasteiger partial charge >= 0.3 is 6.36 Å². The summed E-state index contributed by atoms with van der Waals surface area (Å²) in [4.78, 5) is 0. The van der Waals surface area contributed by atoms with E-state index >= 15 is 0 Å². The number of fused-ring (bicyclic) bond motifs is 1. The normalized spacial score (nSPS) is 22.6. The van der Waals surface area contributed by atoms with Crippen molar-refractivity contribution in [1.29, 1.82) is 0 Å². The number of halogens is 3. The van der Waals surface area contributed by atoms with Crippen LogP contribution in [-0.4, -0.2) is 37.7 Å². The molecule has 0 bridgehead atoms. The molecule has 2 aromatic heterocycles. The second-order valence-corrected chi connectivity index (χ2v) is 7.66. The van der Waals surface area contributed by atoms with Crippen LogP contribution in [0.5, 0.6) is 5.75 Å². The smallest absolute Gasteiger partial charge is 0.406 e. The Bertz CT molecular complexity index is 1010. The van der Waals surface area contributed by atoms with Gasteiger partial charge in [-0.2, -0.15) is 0 Å². The number of pyridine rings is 1. The summed E-state index contributed by atoms with van der Waals surface area (Å²) >= 11 is 0. The molecule has 1 fully saturated rings. The molecule has 0 aliphatic heterocycles. The van der Waals surface area contributed by atoms with Gasteiger partial charge in [-0.25, -0.2) is 0 Å². The number of aliphatic hydroxyl groups is 1. The Kier molecular flexibility index (Phi) is 4.85. The highest BCUT2D eigenvalue weighted by Crippen LogP contribution is 2.31. The first kappa shape index (κ1) is 19.5. The second-order valence-electron chi connectivity index (χ2n) is 7.66. The van der Waals surface area contributed by atoms with Crippen LogP contribution >= 0.6 is 0 Å². The molecule has 0 unspecified atom stereocenters. The van der Waals surface area contributed by atoms with Crippen LogP contribution in [0.25, 0.3) is 17.0 Å². The number of aromatic nitrogens is 3. The minimum atomic E-state index is -4.76. The van der Waals surface area contributed by atoms with E-state index in [-0.39, 0.29) is 11.8 Å². The van der Waals surface area contributed by atoms with Crippen LogP contribution in [0.2, 0.25) is 0 Å². The van der Waals surface area contributed by atoms with Crippen LogP contribution in [0.15, 0.2) is 42.6 Å². The Labute approximate surface area is 165 Å². The molecule has 154 valence electrons. The highest BCUT2D eigenvalue weighted by Gasteiger charge is 2.31. The second kappa shape index (κ2) is 7.22. The van der Waals surface area contributed by atoms with Crippen molar-refractivity contribution in [3.8, 4) is 17.1 Å². The van der Waals surface area contributed by atoms with Gasteiger partial charge in [-0.1, -0.05) is 12.1 Å². The highest BCUT2D eigenvalue weighted by atomic mass is 19.4. The summed E-state index contributed by atoms with van der Waals surface area (Å²) in [6.07, 6.45) is 0.253. The molecule has 9 heteroatoms. The maximum atomic E-state index is 12.5. The molecule has 2 N–H and O–H groups in total. The van der Waals surface area contributed by atoms with E-state index in [2.05, 4.69) is 20.3 Å². The summed E-state index contributed by atoms with van der Waals surface area (Å²) in [5, 5.41) is 21.8. The third-order valence-corrected chi connectivity index (χ3v) is 5.16. The number of nitrogens with zero attached hydrogens (tertiary/aromatic N) is 3. The molecule has 0 atom stereocenters. The molecule has 1 aliphatic rings. The number of hydrogen-bond acceptors (Lipinski definition) is 5. The molecule has 1 aromatic carbocycles. The first-order valence-corrected chi connectivity index (χ1v) is 9.38. The van der Waals surface area contributed by atoms with Crippen molar-refractivity contribution in [2.45, 2.75) is 50.6 Å². The van der Waals surface area contributed by atoms with Gasteiger partial charge < -0.3 is 15.2 Å². The molecule has 3 aromatic rings. The number of nitrogens with one attached hydrogen (secondary N) is 1. The monoisotopic (exact) mass is 406 g/mol. The zero-order valence-corrected chi connectivity index (χ0v) is 15.8. The largest absolute Gasteiger partial charge is 0.573 e. The molecule has 1 aliphatic carbocycles. The van der Waals surface area contributed by atoms with Crippen molar-refractivity contribution in [3.05, 3.63) is 42.6 Å². The zero-order chi connectivity index (χ0) is 20.6. The molecule has 4 rings (SSSR count). The quantitative estimate of drug-likeness (QED) is 0.672. The summed E-state index contributed by atoms with van der Waals surface area (Å²) in [6.45, 7) is 1.86.